The van der Waals surface area contributed by atoms with Gasteiger partial charge in [0.15, 0.2) is 0 Å². The Hall–Kier alpha value is -2.04. The fourth-order valence-corrected chi connectivity index (χ4v) is 2.10. The van der Waals surface area contributed by atoms with E-state index in [0.29, 0.717) is 0 Å². The average Bonchev–Trinajstić information content (AvgIpc) is 2.42. The maximum atomic E-state index is 11.7. The number of urea groups is 1. The minimum absolute atomic E-state index is 0.0351. The highest BCUT2D eigenvalue weighted by Crippen LogP contribution is 2.20. The van der Waals surface area contributed by atoms with Crippen molar-refractivity contribution in [3.05, 3.63) is 29.8 Å². The minimum Gasteiger partial charge on any atom is -0.327 e. The fourth-order valence-electron chi connectivity index (χ4n) is 1.59. The molecule has 1 aromatic rings. The first kappa shape index (κ1) is 16.0. The highest BCUT2D eigenvalue weighted by Gasteiger charge is 2.17. The lowest BCUT2D eigenvalue weighted by Gasteiger charge is -2.25. The normalized spacial score (nSPS) is 12.3. The fraction of sp³-hybridized carbons (Fsp3) is 0.308. The maximum Gasteiger partial charge on any atom is 0.318 e. The Bertz CT molecular complexity index is 617. The van der Waals surface area contributed by atoms with Crippen molar-refractivity contribution < 1.29 is 13.2 Å². The van der Waals surface area contributed by atoms with Crippen LogP contribution in [0.5, 0.6) is 0 Å². The van der Waals surface area contributed by atoms with E-state index in [1.54, 1.807) is 19.2 Å². The van der Waals surface area contributed by atoms with Crippen LogP contribution in [0.25, 0.3) is 0 Å². The van der Waals surface area contributed by atoms with Crippen LogP contribution < -0.4 is 10.5 Å². The molecular formula is C13H17N3O3S. The molecule has 6 nitrogen and oxygen atoms in total. The number of nitrogens with zero attached hydrogens (tertiary/aromatic N) is 1. The summed E-state index contributed by atoms with van der Waals surface area (Å²) in [5.74, 6) is 2.32. The molecule has 0 aromatic heterocycles. The second-order valence-electron chi connectivity index (χ2n) is 4.26. The molecule has 0 radical (unpaired) electrons. The van der Waals surface area contributed by atoms with E-state index in [0.717, 1.165) is 5.56 Å². The third-order valence-electron chi connectivity index (χ3n) is 2.93. The molecule has 0 aliphatic carbocycles. The number of terminal acetylenes is 1. The summed E-state index contributed by atoms with van der Waals surface area (Å²) < 4.78 is 22.3. The molecule has 0 unspecified atom stereocenters. The second-order valence-corrected chi connectivity index (χ2v) is 5.83. The smallest absolute Gasteiger partial charge is 0.318 e. The number of sulfonamides is 1. The molecule has 0 bridgehead atoms. The van der Waals surface area contributed by atoms with Crippen LogP contribution in [0.15, 0.2) is 29.2 Å². The van der Waals surface area contributed by atoms with Crippen LogP contribution in [0.4, 0.5) is 4.79 Å². The van der Waals surface area contributed by atoms with Gasteiger partial charge in [-0.05, 0) is 24.6 Å². The van der Waals surface area contributed by atoms with Gasteiger partial charge in [-0.25, -0.2) is 18.4 Å². The molecule has 20 heavy (non-hydrogen) atoms. The van der Waals surface area contributed by atoms with Crippen molar-refractivity contribution in [1.82, 2.24) is 10.2 Å². The minimum atomic E-state index is -3.71. The summed E-state index contributed by atoms with van der Waals surface area (Å²) in [6.45, 7) is 1.97. The van der Waals surface area contributed by atoms with Gasteiger partial charge in [0.1, 0.15) is 0 Å². The van der Waals surface area contributed by atoms with E-state index >= 15 is 0 Å². The largest absolute Gasteiger partial charge is 0.327 e. The Morgan fingerprint density at radius 2 is 2.00 bits per heavy atom. The highest BCUT2D eigenvalue weighted by molar-refractivity contribution is 7.89. The quantitative estimate of drug-likeness (QED) is 0.800. The summed E-state index contributed by atoms with van der Waals surface area (Å²) in [4.78, 5) is 13.3. The number of hydrogen-bond donors (Lipinski definition) is 2. The molecule has 108 valence electrons. The van der Waals surface area contributed by atoms with E-state index in [1.807, 2.05) is 6.92 Å². The van der Waals surface area contributed by atoms with Gasteiger partial charge < -0.3 is 10.2 Å². The number of carbonyl (C=O) groups is 1. The summed E-state index contributed by atoms with van der Waals surface area (Å²) in [6, 6.07) is 5.53. The Morgan fingerprint density at radius 3 is 2.45 bits per heavy atom. The molecule has 3 N–H and O–H groups in total. The van der Waals surface area contributed by atoms with Crippen molar-refractivity contribution in [2.75, 3.05) is 13.6 Å². The van der Waals surface area contributed by atoms with Crippen LogP contribution in [0.3, 0.4) is 0 Å². The van der Waals surface area contributed by atoms with E-state index in [2.05, 4.69) is 11.2 Å². The number of nitrogens with one attached hydrogen (secondary N) is 1. The van der Waals surface area contributed by atoms with Gasteiger partial charge in [0, 0.05) is 7.05 Å². The topological polar surface area (TPSA) is 92.5 Å². The third kappa shape index (κ3) is 3.98. The number of rotatable bonds is 4. The van der Waals surface area contributed by atoms with Crippen LogP contribution in [0.2, 0.25) is 0 Å². The molecule has 7 heteroatoms. The number of benzene rings is 1. The van der Waals surface area contributed by atoms with Gasteiger partial charge in [0.05, 0.1) is 17.5 Å². The lowest BCUT2D eigenvalue weighted by Crippen LogP contribution is -2.38. The number of nitrogens with two attached hydrogens (primary N) is 1. The van der Waals surface area contributed by atoms with E-state index in [9.17, 15) is 13.2 Å². The Morgan fingerprint density at radius 1 is 1.45 bits per heavy atom. The van der Waals surface area contributed by atoms with Gasteiger partial charge >= 0.3 is 6.03 Å². The predicted octanol–water partition coefficient (Wildman–Crippen LogP) is 0.670. The summed E-state index contributed by atoms with van der Waals surface area (Å²) >= 11 is 0. The molecule has 0 aliphatic rings. The number of amides is 2. The number of carbonyl (C=O) groups excluding carboxylic acids is 1. The molecule has 0 spiro atoms. The molecule has 1 rings (SSSR count). The number of hydrogen-bond acceptors (Lipinski definition) is 3. The first-order valence-corrected chi connectivity index (χ1v) is 7.39. The SMILES string of the molecule is C#CCNC(=O)N(C)[C@@H](C)c1ccc(S(N)(=O)=O)cc1. The summed E-state index contributed by atoms with van der Waals surface area (Å²) in [5.41, 5.74) is 0.788. The Balaban J connectivity index is 2.85. The van der Waals surface area contributed by atoms with Gasteiger partial charge in [-0.15, -0.1) is 6.42 Å². The van der Waals surface area contributed by atoms with Crippen molar-refractivity contribution in [2.45, 2.75) is 17.9 Å². The first-order valence-electron chi connectivity index (χ1n) is 5.84. The zero-order valence-corrected chi connectivity index (χ0v) is 12.1. The molecule has 0 saturated carbocycles. The van der Waals surface area contributed by atoms with Crippen LogP contribution >= 0.6 is 0 Å². The van der Waals surface area contributed by atoms with Gasteiger partial charge in [0.25, 0.3) is 0 Å². The van der Waals surface area contributed by atoms with Crippen LogP contribution in [0, 0.1) is 12.3 Å². The van der Waals surface area contributed by atoms with Crippen molar-refractivity contribution in [3.8, 4) is 12.3 Å². The molecule has 0 fully saturated rings. The monoisotopic (exact) mass is 295 g/mol. The van der Waals surface area contributed by atoms with Crippen molar-refractivity contribution in [1.29, 1.82) is 0 Å². The lowest BCUT2D eigenvalue weighted by molar-refractivity contribution is 0.195. The summed E-state index contributed by atoms with van der Waals surface area (Å²) in [7, 11) is -2.08. The van der Waals surface area contributed by atoms with E-state index < -0.39 is 10.0 Å². The highest BCUT2D eigenvalue weighted by atomic mass is 32.2. The van der Waals surface area contributed by atoms with Crippen molar-refractivity contribution in [3.63, 3.8) is 0 Å². The average molecular weight is 295 g/mol. The van der Waals surface area contributed by atoms with Crippen molar-refractivity contribution >= 4 is 16.1 Å². The Kier molecular flexibility index (Phi) is 5.13. The lowest BCUT2D eigenvalue weighted by atomic mass is 10.1. The molecule has 1 aromatic carbocycles. The molecule has 0 saturated heterocycles. The molecule has 2 amide bonds. The second kappa shape index (κ2) is 6.41. The van der Waals surface area contributed by atoms with Crippen LogP contribution in [0.1, 0.15) is 18.5 Å². The van der Waals surface area contributed by atoms with E-state index in [-0.39, 0.29) is 23.5 Å². The molecule has 0 aliphatic heterocycles. The van der Waals surface area contributed by atoms with Crippen LogP contribution in [-0.4, -0.2) is 32.9 Å². The van der Waals surface area contributed by atoms with Crippen molar-refractivity contribution in [2.24, 2.45) is 5.14 Å². The Labute approximate surface area is 119 Å². The summed E-state index contributed by atoms with van der Waals surface area (Å²) in [6.07, 6.45) is 5.07. The van der Waals surface area contributed by atoms with E-state index in [1.165, 1.54) is 17.0 Å². The van der Waals surface area contributed by atoms with Gasteiger partial charge in [-0.3, -0.25) is 0 Å². The zero-order valence-electron chi connectivity index (χ0n) is 11.3. The standard InChI is InChI=1S/C13H17N3O3S/c1-4-9-15-13(17)16(3)10(2)11-5-7-12(8-6-11)20(14,18)19/h1,5-8,10H,9H2,2-3H3,(H,15,17)(H2,14,18,19)/t10-/m0/s1. The van der Waals surface area contributed by atoms with Crippen LogP contribution in [-0.2, 0) is 10.0 Å². The van der Waals surface area contributed by atoms with E-state index in [4.69, 9.17) is 11.6 Å². The van der Waals surface area contributed by atoms with Gasteiger partial charge in [-0.1, -0.05) is 18.1 Å². The van der Waals surface area contributed by atoms with Gasteiger partial charge in [0.2, 0.25) is 10.0 Å². The molecule has 1 atom stereocenters. The third-order valence-corrected chi connectivity index (χ3v) is 3.86. The maximum absolute atomic E-state index is 11.7. The summed E-state index contributed by atoms with van der Waals surface area (Å²) in [5, 5.41) is 7.58. The predicted molar refractivity (Wildman–Crippen MR) is 76.2 cm³/mol. The number of primary sulfonamides is 1. The van der Waals surface area contributed by atoms with Gasteiger partial charge in [-0.2, -0.15) is 0 Å². The zero-order chi connectivity index (χ0) is 15.3. The molecule has 0 heterocycles. The molecular weight excluding hydrogens is 278 g/mol. The first-order chi connectivity index (χ1) is 9.27.